The molecule has 1 N–H and O–H groups in total. The van der Waals surface area contributed by atoms with Gasteiger partial charge in [-0.15, -0.1) is 11.3 Å². The second kappa shape index (κ2) is 4.66. The van der Waals surface area contributed by atoms with Gasteiger partial charge in [-0.05, 0) is 19.1 Å². The van der Waals surface area contributed by atoms with Crippen molar-refractivity contribution in [2.75, 3.05) is 0 Å². The minimum atomic E-state index is -4.44. The molecule has 0 aliphatic heterocycles. The molecule has 0 aliphatic carbocycles. The quantitative estimate of drug-likeness (QED) is 0.915. The van der Waals surface area contributed by atoms with E-state index in [0.29, 0.717) is 16.3 Å². The maximum Gasteiger partial charge on any atom is 0.433 e. The molecule has 2 rings (SSSR count). The third kappa shape index (κ3) is 2.51. The van der Waals surface area contributed by atoms with Gasteiger partial charge in [0.05, 0.1) is 12.3 Å². The molecular formula is C11H9F3N2OS. The topological polar surface area (TPSA) is 46.0 Å². The molecule has 0 amide bonds. The third-order valence-corrected chi connectivity index (χ3v) is 3.41. The van der Waals surface area contributed by atoms with E-state index < -0.39 is 11.9 Å². The van der Waals surface area contributed by atoms with Crippen LogP contribution in [0.1, 0.15) is 16.3 Å². The van der Waals surface area contributed by atoms with E-state index in [9.17, 15) is 13.2 Å². The third-order valence-electron chi connectivity index (χ3n) is 2.34. The summed E-state index contributed by atoms with van der Waals surface area (Å²) in [6, 6.07) is 2.25. The summed E-state index contributed by atoms with van der Waals surface area (Å²) < 4.78 is 37.0. The van der Waals surface area contributed by atoms with Gasteiger partial charge in [0, 0.05) is 16.6 Å². The smallest absolute Gasteiger partial charge is 0.390 e. The van der Waals surface area contributed by atoms with Crippen molar-refractivity contribution < 1.29 is 18.3 Å². The van der Waals surface area contributed by atoms with Gasteiger partial charge in [-0.2, -0.15) is 13.2 Å². The molecule has 7 heteroatoms. The number of pyridine rings is 1. The zero-order valence-corrected chi connectivity index (χ0v) is 10.1. The Morgan fingerprint density at radius 2 is 2.06 bits per heavy atom. The molecule has 0 saturated carbocycles. The predicted molar refractivity (Wildman–Crippen MR) is 61.0 cm³/mol. The Morgan fingerprint density at radius 3 is 2.50 bits per heavy atom. The van der Waals surface area contributed by atoms with Gasteiger partial charge < -0.3 is 5.11 Å². The van der Waals surface area contributed by atoms with Crippen molar-refractivity contribution in [3.8, 4) is 10.6 Å². The van der Waals surface area contributed by atoms with Crippen molar-refractivity contribution in [1.29, 1.82) is 0 Å². The molecule has 0 bridgehead atoms. The SMILES string of the molecule is Cc1sc(-c2ccc(C(F)(F)F)nc2)nc1CO. The number of hydrogen-bond donors (Lipinski definition) is 1. The van der Waals surface area contributed by atoms with Crippen LogP contribution in [-0.4, -0.2) is 15.1 Å². The molecule has 2 heterocycles. The average molecular weight is 274 g/mol. The first-order valence-electron chi connectivity index (χ1n) is 5.02. The van der Waals surface area contributed by atoms with Crippen LogP contribution in [0.5, 0.6) is 0 Å². The normalized spacial score (nSPS) is 11.8. The number of halogens is 3. The Hall–Kier alpha value is -1.47. The average Bonchev–Trinajstić information content (AvgIpc) is 2.69. The van der Waals surface area contributed by atoms with Crippen LogP contribution in [0.15, 0.2) is 18.3 Å². The molecule has 0 aromatic carbocycles. The van der Waals surface area contributed by atoms with Crippen LogP contribution in [0.4, 0.5) is 13.2 Å². The molecular weight excluding hydrogens is 265 g/mol. The van der Waals surface area contributed by atoms with Gasteiger partial charge in [-0.25, -0.2) is 4.98 Å². The molecule has 0 atom stereocenters. The first-order chi connectivity index (χ1) is 8.41. The number of aryl methyl sites for hydroxylation is 1. The highest BCUT2D eigenvalue weighted by Gasteiger charge is 2.32. The van der Waals surface area contributed by atoms with E-state index >= 15 is 0 Å². The van der Waals surface area contributed by atoms with Crippen molar-refractivity contribution in [1.82, 2.24) is 9.97 Å². The highest BCUT2D eigenvalue weighted by atomic mass is 32.1. The van der Waals surface area contributed by atoms with Gasteiger partial charge in [0.15, 0.2) is 0 Å². The summed E-state index contributed by atoms with van der Waals surface area (Å²) in [5.74, 6) is 0. The van der Waals surface area contributed by atoms with Crippen LogP contribution >= 0.6 is 11.3 Å². The lowest BCUT2D eigenvalue weighted by atomic mass is 10.2. The van der Waals surface area contributed by atoms with Crippen molar-refractivity contribution in [3.05, 3.63) is 34.6 Å². The Bertz CT molecular complexity index is 548. The number of alkyl halides is 3. The van der Waals surface area contributed by atoms with E-state index in [1.807, 2.05) is 0 Å². The van der Waals surface area contributed by atoms with Crippen LogP contribution in [0, 0.1) is 6.92 Å². The van der Waals surface area contributed by atoms with Gasteiger partial charge >= 0.3 is 6.18 Å². The summed E-state index contributed by atoms with van der Waals surface area (Å²) in [5, 5.41) is 9.56. The zero-order valence-electron chi connectivity index (χ0n) is 9.32. The van der Waals surface area contributed by atoms with Gasteiger partial charge in [-0.1, -0.05) is 0 Å². The summed E-state index contributed by atoms with van der Waals surface area (Å²) in [6.45, 7) is 1.61. The Labute approximate surface area is 105 Å². The second-order valence-electron chi connectivity index (χ2n) is 3.61. The summed E-state index contributed by atoms with van der Waals surface area (Å²) in [4.78, 5) is 8.35. The van der Waals surface area contributed by atoms with Crippen molar-refractivity contribution in [3.63, 3.8) is 0 Å². The first-order valence-corrected chi connectivity index (χ1v) is 5.84. The van der Waals surface area contributed by atoms with Crippen LogP contribution in [0.2, 0.25) is 0 Å². The van der Waals surface area contributed by atoms with Crippen LogP contribution in [0.25, 0.3) is 10.6 Å². The van der Waals surface area contributed by atoms with E-state index in [2.05, 4.69) is 9.97 Å². The first kappa shape index (κ1) is 13.0. The zero-order chi connectivity index (χ0) is 13.3. The van der Waals surface area contributed by atoms with Crippen molar-refractivity contribution in [2.45, 2.75) is 19.7 Å². The van der Waals surface area contributed by atoms with Crippen LogP contribution < -0.4 is 0 Å². The highest BCUT2D eigenvalue weighted by molar-refractivity contribution is 7.15. The number of rotatable bonds is 2. The Balaban J connectivity index is 2.34. The van der Waals surface area contributed by atoms with Crippen molar-refractivity contribution in [2.24, 2.45) is 0 Å². The number of nitrogens with zero attached hydrogens (tertiary/aromatic N) is 2. The minimum absolute atomic E-state index is 0.184. The molecule has 2 aromatic heterocycles. The fraction of sp³-hybridized carbons (Fsp3) is 0.273. The Morgan fingerprint density at radius 1 is 1.33 bits per heavy atom. The highest BCUT2D eigenvalue weighted by Crippen LogP contribution is 2.31. The van der Waals surface area contributed by atoms with Gasteiger partial charge in [0.1, 0.15) is 10.7 Å². The number of thiazole rings is 1. The summed E-state index contributed by atoms with van der Waals surface area (Å²) >= 11 is 1.31. The van der Waals surface area contributed by atoms with Crippen LogP contribution in [0.3, 0.4) is 0 Å². The lowest BCUT2D eigenvalue weighted by Crippen LogP contribution is -2.07. The monoisotopic (exact) mass is 274 g/mol. The number of hydrogen-bond acceptors (Lipinski definition) is 4. The van der Waals surface area contributed by atoms with Gasteiger partial charge in [0.2, 0.25) is 0 Å². The molecule has 0 unspecified atom stereocenters. The Kier molecular flexibility index (Phi) is 3.36. The maximum absolute atomic E-state index is 12.3. The van der Waals surface area contributed by atoms with E-state index in [1.54, 1.807) is 6.92 Å². The fourth-order valence-electron chi connectivity index (χ4n) is 1.39. The lowest BCUT2D eigenvalue weighted by Gasteiger charge is -2.05. The second-order valence-corrected chi connectivity index (χ2v) is 4.81. The largest absolute Gasteiger partial charge is 0.433 e. The lowest BCUT2D eigenvalue weighted by molar-refractivity contribution is -0.141. The maximum atomic E-state index is 12.3. The molecule has 0 spiro atoms. The minimum Gasteiger partial charge on any atom is -0.390 e. The predicted octanol–water partition coefficient (Wildman–Crippen LogP) is 3.02. The molecule has 18 heavy (non-hydrogen) atoms. The molecule has 0 fully saturated rings. The molecule has 3 nitrogen and oxygen atoms in total. The number of aliphatic hydroxyl groups excluding tert-OH is 1. The van der Waals surface area contributed by atoms with Crippen LogP contribution in [-0.2, 0) is 12.8 Å². The summed E-state index contributed by atoms with van der Waals surface area (Å²) in [6.07, 6.45) is -3.30. The standard InChI is InChI=1S/C11H9F3N2OS/c1-6-8(5-17)16-10(18-6)7-2-3-9(15-4-7)11(12,13)14/h2-4,17H,5H2,1H3. The van der Waals surface area contributed by atoms with E-state index in [0.717, 1.165) is 17.1 Å². The number of aliphatic hydroxyl groups is 1. The fourth-order valence-corrected chi connectivity index (χ4v) is 2.30. The number of aromatic nitrogens is 2. The van der Waals surface area contributed by atoms with E-state index in [-0.39, 0.29) is 6.61 Å². The molecule has 0 radical (unpaired) electrons. The molecule has 2 aromatic rings. The summed E-state index contributed by atoms with van der Waals surface area (Å²) in [7, 11) is 0. The van der Waals surface area contributed by atoms with Crippen molar-refractivity contribution >= 4 is 11.3 Å². The molecule has 0 saturated heterocycles. The van der Waals surface area contributed by atoms with Gasteiger partial charge in [0.25, 0.3) is 0 Å². The molecule has 0 aliphatic rings. The van der Waals surface area contributed by atoms with E-state index in [1.165, 1.54) is 17.4 Å². The van der Waals surface area contributed by atoms with E-state index in [4.69, 9.17) is 5.11 Å². The summed E-state index contributed by atoms with van der Waals surface area (Å²) in [5.41, 5.74) is 0.118. The molecule has 96 valence electrons. The van der Waals surface area contributed by atoms with Gasteiger partial charge in [-0.3, -0.25) is 4.98 Å².